The van der Waals surface area contributed by atoms with Crippen LogP contribution in [-0.4, -0.2) is 22.2 Å². The van der Waals surface area contributed by atoms with Crippen molar-refractivity contribution in [1.82, 2.24) is 15.1 Å². The van der Waals surface area contributed by atoms with Crippen molar-refractivity contribution in [3.63, 3.8) is 0 Å². The van der Waals surface area contributed by atoms with Crippen LogP contribution >= 0.6 is 0 Å². The zero-order chi connectivity index (χ0) is 17.1. The Morgan fingerprint density at radius 2 is 2.16 bits per heavy atom. The van der Waals surface area contributed by atoms with Crippen molar-refractivity contribution < 1.29 is 9.26 Å². The molecule has 4 rings (SSSR count). The number of pyridine rings is 1. The fourth-order valence-electron chi connectivity index (χ4n) is 3.25. The second-order valence-corrected chi connectivity index (χ2v) is 6.17. The maximum atomic E-state index is 5.24. The molecule has 6 heteroatoms. The van der Waals surface area contributed by atoms with Crippen molar-refractivity contribution in [2.75, 3.05) is 12.4 Å². The molecule has 3 aromatic rings. The molecule has 128 valence electrons. The smallest absolute Gasteiger partial charge is 0.259 e. The van der Waals surface area contributed by atoms with E-state index in [4.69, 9.17) is 9.26 Å². The number of rotatable bonds is 5. The van der Waals surface area contributed by atoms with Crippen molar-refractivity contribution in [3.8, 4) is 11.5 Å². The number of hydrogen-bond donors (Lipinski definition) is 1. The summed E-state index contributed by atoms with van der Waals surface area (Å²) < 4.78 is 10.2. The summed E-state index contributed by atoms with van der Waals surface area (Å²) in [5, 5.41) is 7.41. The molecule has 25 heavy (non-hydrogen) atoms. The molecule has 1 atom stereocenters. The van der Waals surface area contributed by atoms with E-state index >= 15 is 0 Å². The third-order valence-corrected chi connectivity index (χ3v) is 4.44. The molecule has 0 saturated carbocycles. The molecule has 6 nitrogen and oxygen atoms in total. The van der Waals surface area contributed by atoms with Gasteiger partial charge in [-0.3, -0.25) is 0 Å². The Kier molecular flexibility index (Phi) is 4.43. The van der Waals surface area contributed by atoms with Crippen LogP contribution in [0, 0.1) is 0 Å². The van der Waals surface area contributed by atoms with E-state index in [1.807, 2.05) is 12.1 Å². The largest absolute Gasteiger partial charge is 0.377 e. The van der Waals surface area contributed by atoms with E-state index in [1.54, 1.807) is 13.3 Å². The first-order valence-corrected chi connectivity index (χ1v) is 8.46. The quantitative estimate of drug-likeness (QED) is 0.764. The van der Waals surface area contributed by atoms with Crippen LogP contribution in [-0.2, 0) is 17.8 Å². The van der Waals surface area contributed by atoms with Gasteiger partial charge in [0.1, 0.15) is 12.4 Å². The van der Waals surface area contributed by atoms with Gasteiger partial charge in [0.05, 0.1) is 11.6 Å². The molecule has 1 aromatic carbocycles. The summed E-state index contributed by atoms with van der Waals surface area (Å²) in [4.78, 5) is 8.79. The van der Waals surface area contributed by atoms with Gasteiger partial charge in [-0.25, -0.2) is 4.98 Å². The van der Waals surface area contributed by atoms with Crippen LogP contribution in [0.1, 0.15) is 35.8 Å². The van der Waals surface area contributed by atoms with Crippen LogP contribution < -0.4 is 5.32 Å². The lowest BCUT2D eigenvalue weighted by Crippen LogP contribution is -2.17. The minimum absolute atomic E-state index is 0.306. The molecule has 0 unspecified atom stereocenters. The summed E-state index contributed by atoms with van der Waals surface area (Å²) in [6, 6.07) is 12.8. The van der Waals surface area contributed by atoms with Crippen LogP contribution in [0.4, 0.5) is 5.82 Å². The average Bonchev–Trinajstić information content (AvgIpc) is 3.12. The Hall–Kier alpha value is -2.73. The molecular weight excluding hydrogens is 316 g/mol. The van der Waals surface area contributed by atoms with Crippen molar-refractivity contribution in [3.05, 3.63) is 59.5 Å². The number of hydrogen-bond acceptors (Lipinski definition) is 6. The molecule has 1 N–H and O–H groups in total. The number of aromatic nitrogens is 3. The Labute approximate surface area is 146 Å². The maximum absolute atomic E-state index is 5.24. The van der Waals surface area contributed by atoms with Crippen LogP contribution in [0.15, 0.2) is 47.1 Å². The first kappa shape index (κ1) is 15.8. The molecule has 0 saturated heterocycles. The van der Waals surface area contributed by atoms with Gasteiger partial charge in [-0.1, -0.05) is 29.4 Å². The van der Waals surface area contributed by atoms with Crippen molar-refractivity contribution in [2.24, 2.45) is 0 Å². The second-order valence-electron chi connectivity index (χ2n) is 6.17. The zero-order valence-electron chi connectivity index (χ0n) is 14.1. The monoisotopic (exact) mass is 336 g/mol. The highest BCUT2D eigenvalue weighted by Crippen LogP contribution is 2.32. The minimum atomic E-state index is 0.306. The molecule has 0 radical (unpaired) electrons. The van der Waals surface area contributed by atoms with Crippen molar-refractivity contribution in [2.45, 2.75) is 31.9 Å². The lowest BCUT2D eigenvalue weighted by atomic mass is 9.88. The van der Waals surface area contributed by atoms with E-state index in [2.05, 4.69) is 44.7 Å². The van der Waals surface area contributed by atoms with Gasteiger partial charge in [-0.2, -0.15) is 4.98 Å². The fourth-order valence-corrected chi connectivity index (χ4v) is 3.25. The summed E-state index contributed by atoms with van der Waals surface area (Å²) in [6.45, 7) is 0.331. The lowest BCUT2D eigenvalue weighted by molar-refractivity contribution is 0.174. The number of benzene rings is 1. The minimum Gasteiger partial charge on any atom is -0.377 e. The highest BCUT2D eigenvalue weighted by molar-refractivity contribution is 5.54. The van der Waals surface area contributed by atoms with Crippen molar-refractivity contribution in [1.29, 1.82) is 0 Å². The van der Waals surface area contributed by atoms with E-state index in [1.165, 1.54) is 17.5 Å². The molecular formula is C19H20N4O2. The predicted molar refractivity (Wildman–Crippen MR) is 94.0 cm³/mol. The highest BCUT2D eigenvalue weighted by Gasteiger charge is 2.20. The van der Waals surface area contributed by atoms with Gasteiger partial charge in [-0.05, 0) is 42.5 Å². The third-order valence-electron chi connectivity index (χ3n) is 4.44. The molecule has 1 aliphatic carbocycles. The summed E-state index contributed by atoms with van der Waals surface area (Å²) in [5.41, 5.74) is 3.60. The van der Waals surface area contributed by atoms with Gasteiger partial charge in [-0.15, -0.1) is 0 Å². The number of anilines is 1. The van der Waals surface area contributed by atoms with Crippen LogP contribution in [0.3, 0.4) is 0 Å². The Morgan fingerprint density at radius 3 is 3.00 bits per heavy atom. The van der Waals surface area contributed by atoms with Crippen LogP contribution in [0.2, 0.25) is 0 Å². The van der Waals surface area contributed by atoms with E-state index in [-0.39, 0.29) is 0 Å². The van der Waals surface area contributed by atoms with E-state index in [0.717, 1.165) is 24.2 Å². The molecule has 0 bridgehead atoms. The summed E-state index contributed by atoms with van der Waals surface area (Å²) in [5.74, 6) is 1.83. The Bertz CT molecular complexity index is 845. The SMILES string of the molecule is COCc1noc(-c2ccc(N[C@H]3CCCc4ccccc43)nc2)n1. The lowest BCUT2D eigenvalue weighted by Gasteiger charge is -2.26. The summed E-state index contributed by atoms with van der Waals surface area (Å²) in [7, 11) is 1.60. The maximum Gasteiger partial charge on any atom is 0.259 e. The number of nitrogens with zero attached hydrogens (tertiary/aromatic N) is 3. The van der Waals surface area contributed by atoms with E-state index in [9.17, 15) is 0 Å². The Balaban J connectivity index is 1.49. The van der Waals surface area contributed by atoms with Gasteiger partial charge in [0.15, 0.2) is 5.82 Å². The molecule has 0 spiro atoms. The number of methoxy groups -OCH3 is 1. The molecule has 2 aromatic heterocycles. The molecule has 2 heterocycles. The molecule has 1 aliphatic rings. The number of ether oxygens (including phenoxy) is 1. The first-order valence-electron chi connectivity index (χ1n) is 8.46. The molecule has 0 fully saturated rings. The van der Waals surface area contributed by atoms with Gasteiger partial charge in [0.2, 0.25) is 0 Å². The topological polar surface area (TPSA) is 73.1 Å². The summed E-state index contributed by atoms with van der Waals surface area (Å²) in [6.07, 6.45) is 5.21. The van der Waals surface area contributed by atoms with Gasteiger partial charge < -0.3 is 14.6 Å². The zero-order valence-corrected chi connectivity index (χ0v) is 14.1. The average molecular weight is 336 g/mol. The molecule has 0 amide bonds. The fraction of sp³-hybridized carbons (Fsp3) is 0.316. The van der Waals surface area contributed by atoms with Gasteiger partial charge in [0.25, 0.3) is 5.89 Å². The van der Waals surface area contributed by atoms with E-state index < -0.39 is 0 Å². The van der Waals surface area contributed by atoms with Crippen LogP contribution in [0.25, 0.3) is 11.5 Å². The number of fused-ring (bicyclic) bond motifs is 1. The van der Waals surface area contributed by atoms with Gasteiger partial charge in [0, 0.05) is 13.3 Å². The standard InChI is InChI=1S/C19H20N4O2/c1-24-12-18-22-19(25-23-18)14-9-10-17(20-11-14)21-16-8-4-6-13-5-2-3-7-15(13)16/h2-3,5,7,9-11,16H,4,6,8,12H2,1H3,(H,20,21)/t16-/m0/s1. The number of aryl methyl sites for hydroxylation is 1. The predicted octanol–water partition coefficient (Wildman–Crippen LogP) is 3.77. The van der Waals surface area contributed by atoms with E-state index in [0.29, 0.717) is 24.4 Å². The first-order chi connectivity index (χ1) is 12.3. The van der Waals surface area contributed by atoms with Crippen molar-refractivity contribution >= 4 is 5.82 Å². The second kappa shape index (κ2) is 7.03. The third kappa shape index (κ3) is 3.39. The molecule has 0 aliphatic heterocycles. The number of nitrogens with one attached hydrogen (secondary N) is 1. The van der Waals surface area contributed by atoms with Gasteiger partial charge >= 0.3 is 0 Å². The highest BCUT2D eigenvalue weighted by atomic mass is 16.5. The van der Waals surface area contributed by atoms with Crippen LogP contribution in [0.5, 0.6) is 0 Å². The summed E-state index contributed by atoms with van der Waals surface area (Å²) >= 11 is 0. The normalized spacial score (nSPS) is 16.4. The Morgan fingerprint density at radius 1 is 1.24 bits per heavy atom.